The molecule has 0 saturated carbocycles. The molecule has 2 rings (SSSR count). The van der Waals surface area contributed by atoms with Crippen molar-refractivity contribution in [3.8, 4) is 0 Å². The molecule has 100 valence electrons. The summed E-state index contributed by atoms with van der Waals surface area (Å²) in [7, 11) is 0. The summed E-state index contributed by atoms with van der Waals surface area (Å²) < 4.78 is 5.49. The minimum absolute atomic E-state index is 0.366. The summed E-state index contributed by atoms with van der Waals surface area (Å²) in [6.07, 6.45) is -1.88. The van der Waals surface area contributed by atoms with Gasteiger partial charge in [-0.3, -0.25) is 4.90 Å². The van der Waals surface area contributed by atoms with Gasteiger partial charge in [-0.15, -0.1) is 0 Å². The van der Waals surface area contributed by atoms with E-state index < -0.39 is 30.6 Å². The van der Waals surface area contributed by atoms with E-state index in [2.05, 4.69) is 0 Å². The quantitative estimate of drug-likeness (QED) is 0.463. The highest BCUT2D eigenvalue weighted by Crippen LogP contribution is 2.25. The van der Waals surface area contributed by atoms with Crippen molar-refractivity contribution in [3.05, 3.63) is 0 Å². The fraction of sp³-hybridized carbons (Fsp3) is 1.00. The zero-order valence-electron chi connectivity index (χ0n) is 9.77. The molecule has 2 fully saturated rings. The van der Waals surface area contributed by atoms with Gasteiger partial charge < -0.3 is 25.2 Å². The Kier molecular flexibility index (Phi) is 4.35. The monoisotopic (exact) mass is 247 g/mol. The minimum Gasteiger partial charge on any atom is -0.394 e. The number of hydrogen-bond acceptors (Lipinski definition) is 6. The lowest BCUT2D eigenvalue weighted by Gasteiger charge is -2.45. The van der Waals surface area contributed by atoms with Gasteiger partial charge >= 0.3 is 0 Å². The Labute approximate surface area is 100 Å². The van der Waals surface area contributed by atoms with Crippen LogP contribution in [-0.2, 0) is 4.74 Å². The molecule has 17 heavy (non-hydrogen) atoms. The van der Waals surface area contributed by atoms with E-state index in [0.717, 1.165) is 32.4 Å². The molecular weight excluding hydrogens is 226 g/mol. The highest BCUT2D eigenvalue weighted by atomic mass is 16.6. The molecule has 5 atom stereocenters. The molecule has 0 radical (unpaired) electrons. The van der Waals surface area contributed by atoms with E-state index in [1.165, 1.54) is 0 Å². The van der Waals surface area contributed by atoms with Gasteiger partial charge in [0.2, 0.25) is 0 Å². The first-order valence-electron chi connectivity index (χ1n) is 6.19. The maximum Gasteiger partial charge on any atom is 0.140 e. The van der Waals surface area contributed by atoms with Crippen LogP contribution < -0.4 is 0 Å². The van der Waals surface area contributed by atoms with Crippen LogP contribution in [0.15, 0.2) is 0 Å². The Balaban J connectivity index is 2.04. The topological polar surface area (TPSA) is 93.4 Å². The molecule has 0 unspecified atom stereocenters. The lowest BCUT2D eigenvalue weighted by atomic mass is 9.97. The molecule has 0 aromatic rings. The molecule has 6 heteroatoms. The molecule has 0 spiro atoms. The van der Waals surface area contributed by atoms with E-state index in [1.807, 2.05) is 4.90 Å². The van der Waals surface area contributed by atoms with Crippen LogP contribution >= 0.6 is 0 Å². The van der Waals surface area contributed by atoms with Gasteiger partial charge in [-0.25, -0.2) is 0 Å². The number of aliphatic hydroxyl groups excluding tert-OH is 4. The summed E-state index contributed by atoms with van der Waals surface area (Å²) >= 11 is 0. The highest BCUT2D eigenvalue weighted by Gasteiger charge is 2.45. The molecule has 2 saturated heterocycles. The van der Waals surface area contributed by atoms with Crippen molar-refractivity contribution in [3.63, 3.8) is 0 Å². The SMILES string of the molecule is OC[C@H]1O[C@@H](N2CCCCC2)[C@H](O)[C@@H](O)[C@@H]1O. The van der Waals surface area contributed by atoms with Crippen LogP contribution in [-0.4, -0.2) is 75.7 Å². The van der Waals surface area contributed by atoms with Crippen molar-refractivity contribution in [1.29, 1.82) is 0 Å². The second-order valence-corrected chi connectivity index (χ2v) is 4.82. The number of nitrogens with zero attached hydrogens (tertiary/aromatic N) is 1. The van der Waals surface area contributed by atoms with Gasteiger partial charge in [0, 0.05) is 13.1 Å². The molecule has 2 aliphatic rings. The van der Waals surface area contributed by atoms with Crippen molar-refractivity contribution in [1.82, 2.24) is 4.90 Å². The standard InChI is InChI=1S/C11H21NO5/c13-6-7-8(14)9(15)10(16)11(17-7)12-4-2-1-3-5-12/h7-11,13-16H,1-6H2/t7-,8-,9+,10-,11-/m1/s1. The van der Waals surface area contributed by atoms with E-state index in [9.17, 15) is 15.3 Å². The number of ether oxygens (including phenoxy) is 1. The van der Waals surface area contributed by atoms with E-state index in [1.54, 1.807) is 0 Å². The van der Waals surface area contributed by atoms with Gasteiger partial charge in [0.25, 0.3) is 0 Å². The first kappa shape index (κ1) is 13.2. The summed E-state index contributed by atoms with van der Waals surface area (Å²) in [6, 6.07) is 0. The second-order valence-electron chi connectivity index (χ2n) is 4.82. The third-order valence-corrected chi connectivity index (χ3v) is 3.62. The third-order valence-electron chi connectivity index (χ3n) is 3.62. The van der Waals surface area contributed by atoms with Gasteiger partial charge in [-0.2, -0.15) is 0 Å². The number of piperidine rings is 1. The molecule has 2 heterocycles. The average molecular weight is 247 g/mol. The van der Waals surface area contributed by atoms with Gasteiger partial charge in [0.1, 0.15) is 30.6 Å². The van der Waals surface area contributed by atoms with E-state index >= 15 is 0 Å². The Morgan fingerprint density at radius 3 is 2.18 bits per heavy atom. The molecule has 6 nitrogen and oxygen atoms in total. The summed E-state index contributed by atoms with van der Waals surface area (Å²) in [6.45, 7) is 1.25. The fourth-order valence-electron chi connectivity index (χ4n) is 2.56. The molecular formula is C11H21NO5. The predicted molar refractivity (Wildman–Crippen MR) is 59.2 cm³/mol. The van der Waals surface area contributed by atoms with Crippen molar-refractivity contribution in [2.75, 3.05) is 19.7 Å². The first-order valence-corrected chi connectivity index (χ1v) is 6.19. The normalized spacial score (nSPS) is 44.8. The van der Waals surface area contributed by atoms with Gasteiger partial charge in [0.05, 0.1) is 6.61 Å². The summed E-state index contributed by atoms with van der Waals surface area (Å²) in [4.78, 5) is 1.96. The van der Waals surface area contributed by atoms with Crippen LogP contribution in [0.25, 0.3) is 0 Å². The number of aliphatic hydroxyl groups is 4. The predicted octanol–water partition coefficient (Wildman–Crippen LogP) is -1.73. The Hall–Kier alpha value is -0.240. The van der Waals surface area contributed by atoms with Crippen LogP contribution in [0.5, 0.6) is 0 Å². The Morgan fingerprint density at radius 1 is 0.941 bits per heavy atom. The minimum atomic E-state index is -1.27. The number of likely N-dealkylation sites (tertiary alicyclic amines) is 1. The van der Waals surface area contributed by atoms with Gasteiger partial charge in [-0.1, -0.05) is 6.42 Å². The van der Waals surface area contributed by atoms with Crippen molar-refractivity contribution >= 4 is 0 Å². The summed E-state index contributed by atoms with van der Waals surface area (Å²) in [5, 5.41) is 38.3. The van der Waals surface area contributed by atoms with Crippen LogP contribution in [0, 0.1) is 0 Å². The highest BCUT2D eigenvalue weighted by molar-refractivity contribution is 4.92. The summed E-state index contributed by atoms with van der Waals surface area (Å²) in [5.74, 6) is 0. The molecule has 4 N–H and O–H groups in total. The smallest absolute Gasteiger partial charge is 0.140 e. The van der Waals surface area contributed by atoms with Crippen molar-refractivity contribution in [2.45, 2.75) is 49.9 Å². The maximum atomic E-state index is 9.92. The van der Waals surface area contributed by atoms with Crippen molar-refractivity contribution < 1.29 is 25.2 Å². The Morgan fingerprint density at radius 2 is 1.59 bits per heavy atom. The van der Waals surface area contributed by atoms with Crippen LogP contribution in [0.3, 0.4) is 0 Å². The van der Waals surface area contributed by atoms with E-state index in [4.69, 9.17) is 9.84 Å². The lowest BCUT2D eigenvalue weighted by Crippen LogP contribution is -2.63. The van der Waals surface area contributed by atoms with E-state index in [-0.39, 0.29) is 6.61 Å². The fourth-order valence-corrected chi connectivity index (χ4v) is 2.56. The first-order chi connectivity index (χ1) is 8.15. The van der Waals surface area contributed by atoms with Crippen LogP contribution in [0.2, 0.25) is 0 Å². The average Bonchev–Trinajstić information content (AvgIpc) is 2.37. The lowest BCUT2D eigenvalue weighted by molar-refractivity contribution is -0.266. The Bertz CT molecular complexity index is 242. The van der Waals surface area contributed by atoms with Gasteiger partial charge in [0.15, 0.2) is 0 Å². The molecule has 2 aliphatic heterocycles. The molecule has 0 aromatic heterocycles. The second kappa shape index (κ2) is 5.60. The maximum absolute atomic E-state index is 9.92. The largest absolute Gasteiger partial charge is 0.394 e. The zero-order valence-corrected chi connectivity index (χ0v) is 9.77. The van der Waals surface area contributed by atoms with Gasteiger partial charge in [-0.05, 0) is 12.8 Å². The zero-order chi connectivity index (χ0) is 12.4. The molecule has 0 bridgehead atoms. The van der Waals surface area contributed by atoms with Crippen molar-refractivity contribution in [2.24, 2.45) is 0 Å². The van der Waals surface area contributed by atoms with E-state index in [0.29, 0.717) is 0 Å². The number of hydrogen-bond donors (Lipinski definition) is 4. The number of rotatable bonds is 2. The molecule has 0 amide bonds. The van der Waals surface area contributed by atoms with Crippen LogP contribution in [0.4, 0.5) is 0 Å². The van der Waals surface area contributed by atoms with Crippen LogP contribution in [0.1, 0.15) is 19.3 Å². The molecule has 0 aliphatic carbocycles. The molecule has 0 aromatic carbocycles. The third kappa shape index (κ3) is 2.62. The summed E-state index contributed by atoms with van der Waals surface area (Å²) in [5.41, 5.74) is 0.